The van der Waals surface area contributed by atoms with Crippen LogP contribution in [0.25, 0.3) is 0 Å². The van der Waals surface area contributed by atoms with Crippen molar-refractivity contribution < 1.29 is 17.9 Å². The molecule has 2 aliphatic rings. The molecule has 0 spiro atoms. The lowest BCUT2D eigenvalue weighted by molar-refractivity contribution is -0.149. The number of halogens is 3. The maximum absolute atomic E-state index is 12.3. The van der Waals surface area contributed by atoms with Crippen molar-refractivity contribution in [1.82, 2.24) is 15.2 Å². The van der Waals surface area contributed by atoms with Gasteiger partial charge in [-0.25, -0.2) is 4.98 Å². The molecule has 118 valence electrons. The molecular formula is C13H18F3N3OS. The zero-order valence-corrected chi connectivity index (χ0v) is 12.4. The molecule has 4 nitrogen and oxygen atoms in total. The fraction of sp³-hybridized carbons (Fsp3) is 0.769. The van der Waals surface area contributed by atoms with Crippen LogP contribution in [0.1, 0.15) is 23.4 Å². The normalized spacial score (nSPS) is 21.3. The van der Waals surface area contributed by atoms with Crippen LogP contribution in [0.5, 0.6) is 5.19 Å². The molecule has 0 aromatic carbocycles. The summed E-state index contributed by atoms with van der Waals surface area (Å²) < 4.78 is 42.8. The molecule has 1 N–H and O–H groups in total. The van der Waals surface area contributed by atoms with Crippen molar-refractivity contribution in [3.8, 4) is 5.19 Å². The highest BCUT2D eigenvalue weighted by atomic mass is 32.1. The van der Waals surface area contributed by atoms with E-state index in [1.807, 2.05) is 0 Å². The van der Waals surface area contributed by atoms with Gasteiger partial charge in [0.05, 0.1) is 12.2 Å². The van der Waals surface area contributed by atoms with E-state index < -0.39 is 12.7 Å². The predicted molar refractivity (Wildman–Crippen MR) is 73.7 cm³/mol. The Morgan fingerprint density at radius 2 is 2.10 bits per heavy atom. The Hall–Kier alpha value is -0.860. The van der Waals surface area contributed by atoms with Gasteiger partial charge >= 0.3 is 6.18 Å². The van der Waals surface area contributed by atoms with Crippen molar-refractivity contribution in [2.75, 3.05) is 26.2 Å². The highest BCUT2D eigenvalue weighted by molar-refractivity contribution is 7.13. The zero-order valence-electron chi connectivity index (χ0n) is 11.6. The van der Waals surface area contributed by atoms with Gasteiger partial charge in [0.15, 0.2) is 0 Å². The molecule has 8 heteroatoms. The largest absolute Gasteiger partial charge is 0.467 e. The van der Waals surface area contributed by atoms with Gasteiger partial charge in [-0.3, -0.25) is 4.90 Å². The first-order valence-electron chi connectivity index (χ1n) is 7.15. The lowest BCUT2D eigenvalue weighted by Gasteiger charge is -2.31. The molecule has 1 aromatic heterocycles. The van der Waals surface area contributed by atoms with Crippen LogP contribution in [-0.2, 0) is 13.0 Å². The third-order valence-corrected chi connectivity index (χ3v) is 4.78. The molecule has 0 bridgehead atoms. The zero-order chi connectivity index (χ0) is 14.9. The molecule has 2 aliphatic heterocycles. The van der Waals surface area contributed by atoms with E-state index in [-0.39, 0.29) is 6.10 Å². The number of ether oxygens (including phenoxy) is 1. The molecule has 1 saturated heterocycles. The molecule has 1 fully saturated rings. The number of piperidine rings is 1. The Kier molecular flexibility index (Phi) is 4.37. The van der Waals surface area contributed by atoms with E-state index in [9.17, 15) is 13.2 Å². The average Bonchev–Trinajstić information content (AvgIpc) is 2.81. The molecule has 0 saturated carbocycles. The van der Waals surface area contributed by atoms with E-state index in [2.05, 4.69) is 10.3 Å². The van der Waals surface area contributed by atoms with Crippen LogP contribution < -0.4 is 10.1 Å². The van der Waals surface area contributed by atoms with Gasteiger partial charge in [0.1, 0.15) is 6.10 Å². The fourth-order valence-electron chi connectivity index (χ4n) is 2.73. The second-order valence-electron chi connectivity index (χ2n) is 5.48. The molecule has 0 aliphatic carbocycles. The minimum atomic E-state index is -4.12. The van der Waals surface area contributed by atoms with Crippen LogP contribution in [0.2, 0.25) is 0 Å². The SMILES string of the molecule is FC(F)(F)CN1CCC(Oc2nc3c(s2)CNCC3)CC1. The van der Waals surface area contributed by atoms with Gasteiger partial charge < -0.3 is 10.1 Å². The van der Waals surface area contributed by atoms with Gasteiger partial charge in [0.2, 0.25) is 0 Å². The van der Waals surface area contributed by atoms with Crippen molar-refractivity contribution in [3.63, 3.8) is 0 Å². The lowest BCUT2D eigenvalue weighted by atomic mass is 10.1. The molecule has 0 atom stereocenters. The van der Waals surface area contributed by atoms with Crippen LogP contribution >= 0.6 is 11.3 Å². The number of fused-ring (bicyclic) bond motifs is 1. The summed E-state index contributed by atoms with van der Waals surface area (Å²) in [6, 6.07) is 0. The second-order valence-corrected chi connectivity index (χ2v) is 6.53. The maximum Gasteiger partial charge on any atom is 0.401 e. The van der Waals surface area contributed by atoms with E-state index in [1.54, 1.807) is 11.3 Å². The smallest absolute Gasteiger partial charge is 0.401 e. The highest BCUT2D eigenvalue weighted by Gasteiger charge is 2.33. The summed E-state index contributed by atoms with van der Waals surface area (Å²) in [4.78, 5) is 7.14. The second kappa shape index (κ2) is 6.10. The number of likely N-dealkylation sites (tertiary alicyclic amines) is 1. The average molecular weight is 321 g/mol. The van der Waals surface area contributed by atoms with E-state index >= 15 is 0 Å². The van der Waals surface area contributed by atoms with Gasteiger partial charge in [0, 0.05) is 37.5 Å². The standard InChI is InChI=1S/C13H18F3N3OS/c14-13(15,16)8-19-5-2-9(3-6-19)20-12-18-10-1-4-17-7-11(10)21-12/h9,17H,1-8H2. The Labute approximate surface area is 125 Å². The molecule has 0 amide bonds. The summed E-state index contributed by atoms with van der Waals surface area (Å²) in [7, 11) is 0. The van der Waals surface area contributed by atoms with E-state index in [4.69, 9.17) is 4.74 Å². The van der Waals surface area contributed by atoms with Crippen molar-refractivity contribution in [2.24, 2.45) is 0 Å². The first kappa shape index (κ1) is 15.1. The van der Waals surface area contributed by atoms with Crippen LogP contribution in [-0.4, -0.2) is 48.3 Å². The number of aromatic nitrogens is 1. The maximum atomic E-state index is 12.3. The monoisotopic (exact) mass is 321 g/mol. The van der Waals surface area contributed by atoms with Crippen LogP contribution in [0.3, 0.4) is 0 Å². The van der Waals surface area contributed by atoms with Gasteiger partial charge in [-0.1, -0.05) is 11.3 Å². The Morgan fingerprint density at radius 1 is 1.33 bits per heavy atom. The Balaban J connectivity index is 1.50. The lowest BCUT2D eigenvalue weighted by Crippen LogP contribution is -2.42. The minimum Gasteiger partial charge on any atom is -0.467 e. The highest BCUT2D eigenvalue weighted by Crippen LogP contribution is 2.29. The Morgan fingerprint density at radius 3 is 2.76 bits per heavy atom. The Bertz CT molecular complexity index is 460. The summed E-state index contributed by atoms with van der Waals surface area (Å²) in [5.41, 5.74) is 1.10. The van der Waals surface area contributed by atoms with Gasteiger partial charge in [-0.05, 0) is 12.8 Å². The first-order chi connectivity index (χ1) is 9.99. The number of hydrogen-bond donors (Lipinski definition) is 1. The van der Waals surface area contributed by atoms with Gasteiger partial charge in [-0.2, -0.15) is 13.2 Å². The van der Waals surface area contributed by atoms with Crippen molar-refractivity contribution in [1.29, 1.82) is 0 Å². The number of nitrogens with one attached hydrogen (secondary N) is 1. The summed E-state index contributed by atoms with van der Waals surface area (Å²) in [5.74, 6) is 0. The third kappa shape index (κ3) is 4.08. The summed E-state index contributed by atoms with van der Waals surface area (Å²) in [6.07, 6.45) is -1.97. The molecular weight excluding hydrogens is 303 g/mol. The summed E-state index contributed by atoms with van der Waals surface area (Å²) >= 11 is 1.55. The number of nitrogens with zero attached hydrogens (tertiary/aromatic N) is 2. The molecule has 3 heterocycles. The number of alkyl halides is 3. The van der Waals surface area contributed by atoms with E-state index in [0.717, 1.165) is 25.2 Å². The van der Waals surface area contributed by atoms with Crippen molar-refractivity contribution in [3.05, 3.63) is 10.6 Å². The summed E-state index contributed by atoms with van der Waals surface area (Å²) in [5, 5.41) is 3.95. The molecule has 1 aromatic rings. The topological polar surface area (TPSA) is 37.4 Å². The van der Waals surface area contributed by atoms with Crippen molar-refractivity contribution >= 4 is 11.3 Å². The minimum absolute atomic E-state index is 0.0185. The fourth-order valence-corrected chi connectivity index (χ4v) is 3.72. The third-order valence-electron chi connectivity index (χ3n) is 3.79. The molecule has 21 heavy (non-hydrogen) atoms. The quantitative estimate of drug-likeness (QED) is 0.926. The van der Waals surface area contributed by atoms with Crippen LogP contribution in [0, 0.1) is 0 Å². The first-order valence-corrected chi connectivity index (χ1v) is 7.96. The van der Waals surface area contributed by atoms with E-state index in [1.165, 1.54) is 9.78 Å². The molecule has 0 unspecified atom stereocenters. The number of thiazole rings is 1. The van der Waals surface area contributed by atoms with Crippen molar-refractivity contribution in [2.45, 2.75) is 38.1 Å². The number of hydrogen-bond acceptors (Lipinski definition) is 5. The van der Waals surface area contributed by atoms with E-state index in [0.29, 0.717) is 31.1 Å². The number of rotatable bonds is 3. The van der Waals surface area contributed by atoms with Gasteiger partial charge in [0.25, 0.3) is 5.19 Å². The molecule has 3 rings (SSSR count). The van der Waals surface area contributed by atoms with Crippen LogP contribution in [0.4, 0.5) is 13.2 Å². The van der Waals surface area contributed by atoms with Crippen LogP contribution in [0.15, 0.2) is 0 Å². The summed E-state index contributed by atoms with van der Waals surface area (Å²) in [6.45, 7) is 1.80. The van der Waals surface area contributed by atoms with Gasteiger partial charge in [-0.15, -0.1) is 0 Å². The molecule has 0 radical (unpaired) electrons. The predicted octanol–water partition coefficient (Wildman–Crippen LogP) is 2.19.